The molecule has 28 heavy (non-hydrogen) atoms. The molecule has 0 spiro atoms. The van der Waals surface area contributed by atoms with Crippen LogP contribution in [0.15, 0.2) is 54.6 Å². The number of methoxy groups -OCH3 is 1. The standard InChI is InChI=1S/C22H25NO5/c1-4-8-16-11-12-18(19(13-16)27-3)28-14-20(24)23-21(15(2)22(25)26)17-9-6-5-7-10-17/h4-13,15,21H,14H2,1-3H3,(H,23,24)(H,25,26)/b8-4+. The molecule has 0 aliphatic heterocycles. The Labute approximate surface area is 164 Å². The molecule has 0 saturated carbocycles. The number of allylic oxidation sites excluding steroid dienone is 1. The second-order valence-corrected chi connectivity index (χ2v) is 6.28. The molecule has 0 saturated heterocycles. The maximum atomic E-state index is 12.4. The van der Waals surface area contributed by atoms with E-state index >= 15 is 0 Å². The monoisotopic (exact) mass is 383 g/mol. The number of nitrogens with one attached hydrogen (secondary N) is 1. The number of benzene rings is 2. The molecule has 1 amide bonds. The first-order valence-corrected chi connectivity index (χ1v) is 8.97. The highest BCUT2D eigenvalue weighted by molar-refractivity contribution is 5.79. The fourth-order valence-electron chi connectivity index (χ4n) is 2.76. The lowest BCUT2D eigenvalue weighted by Gasteiger charge is -2.23. The van der Waals surface area contributed by atoms with Gasteiger partial charge in [0.05, 0.1) is 19.1 Å². The van der Waals surface area contributed by atoms with E-state index in [0.29, 0.717) is 11.5 Å². The molecule has 0 bridgehead atoms. The van der Waals surface area contributed by atoms with Crippen LogP contribution in [-0.4, -0.2) is 30.7 Å². The van der Waals surface area contributed by atoms with E-state index in [2.05, 4.69) is 5.32 Å². The number of amides is 1. The summed E-state index contributed by atoms with van der Waals surface area (Å²) in [6.07, 6.45) is 3.84. The van der Waals surface area contributed by atoms with E-state index in [-0.39, 0.29) is 6.61 Å². The SMILES string of the molecule is C/C=C/c1ccc(OCC(=O)NC(c2ccccc2)C(C)C(=O)O)c(OC)c1. The molecular weight excluding hydrogens is 358 g/mol. The summed E-state index contributed by atoms with van der Waals surface area (Å²) in [5.41, 5.74) is 1.68. The summed E-state index contributed by atoms with van der Waals surface area (Å²) in [5.74, 6) is -1.24. The first-order chi connectivity index (χ1) is 13.5. The van der Waals surface area contributed by atoms with Gasteiger partial charge >= 0.3 is 5.97 Å². The number of aliphatic carboxylic acids is 1. The van der Waals surface area contributed by atoms with Gasteiger partial charge in [-0.15, -0.1) is 0 Å². The molecule has 2 unspecified atom stereocenters. The van der Waals surface area contributed by atoms with Crippen molar-refractivity contribution in [3.8, 4) is 11.5 Å². The summed E-state index contributed by atoms with van der Waals surface area (Å²) >= 11 is 0. The van der Waals surface area contributed by atoms with Crippen molar-refractivity contribution < 1.29 is 24.2 Å². The van der Waals surface area contributed by atoms with Crippen molar-refractivity contribution in [2.24, 2.45) is 5.92 Å². The zero-order chi connectivity index (χ0) is 20.5. The van der Waals surface area contributed by atoms with E-state index in [9.17, 15) is 14.7 Å². The van der Waals surface area contributed by atoms with E-state index in [1.807, 2.05) is 37.3 Å². The van der Waals surface area contributed by atoms with E-state index < -0.39 is 23.8 Å². The van der Waals surface area contributed by atoms with Gasteiger partial charge in [-0.1, -0.05) is 48.6 Å². The normalized spacial score (nSPS) is 13.0. The van der Waals surface area contributed by atoms with Gasteiger partial charge in [0.2, 0.25) is 0 Å². The Bertz CT molecular complexity index is 832. The lowest BCUT2D eigenvalue weighted by atomic mass is 9.94. The van der Waals surface area contributed by atoms with E-state index in [4.69, 9.17) is 9.47 Å². The highest BCUT2D eigenvalue weighted by Crippen LogP contribution is 2.28. The van der Waals surface area contributed by atoms with Crippen LogP contribution in [0.5, 0.6) is 11.5 Å². The van der Waals surface area contributed by atoms with Gasteiger partial charge in [-0.05, 0) is 37.1 Å². The van der Waals surface area contributed by atoms with Crippen molar-refractivity contribution in [3.05, 3.63) is 65.7 Å². The lowest BCUT2D eigenvalue weighted by Crippen LogP contribution is -2.38. The molecule has 148 valence electrons. The van der Waals surface area contributed by atoms with Crippen molar-refractivity contribution in [1.29, 1.82) is 0 Å². The molecule has 0 aromatic heterocycles. The molecule has 0 radical (unpaired) electrons. The zero-order valence-electron chi connectivity index (χ0n) is 16.2. The van der Waals surface area contributed by atoms with Gasteiger partial charge in [-0.25, -0.2) is 0 Å². The van der Waals surface area contributed by atoms with Gasteiger partial charge in [0, 0.05) is 0 Å². The topological polar surface area (TPSA) is 84.9 Å². The number of ether oxygens (including phenoxy) is 2. The Morgan fingerprint density at radius 2 is 1.86 bits per heavy atom. The maximum absolute atomic E-state index is 12.4. The third-order valence-corrected chi connectivity index (χ3v) is 4.27. The van der Waals surface area contributed by atoms with Crippen molar-refractivity contribution in [2.75, 3.05) is 13.7 Å². The summed E-state index contributed by atoms with van der Waals surface area (Å²) in [7, 11) is 1.53. The Hall–Kier alpha value is -3.28. The minimum absolute atomic E-state index is 0.255. The molecule has 0 heterocycles. The number of carbonyl (C=O) groups is 2. The summed E-state index contributed by atoms with van der Waals surface area (Å²) in [6, 6.07) is 13.8. The summed E-state index contributed by atoms with van der Waals surface area (Å²) in [5, 5.41) is 12.1. The van der Waals surface area contributed by atoms with Crippen LogP contribution in [0.25, 0.3) is 6.08 Å². The average Bonchev–Trinajstić information content (AvgIpc) is 2.71. The van der Waals surface area contributed by atoms with E-state index in [1.54, 1.807) is 37.3 Å². The Kier molecular flexibility index (Phi) is 7.63. The van der Waals surface area contributed by atoms with Crippen LogP contribution in [0.3, 0.4) is 0 Å². The molecule has 6 nitrogen and oxygen atoms in total. The van der Waals surface area contributed by atoms with E-state index in [1.165, 1.54) is 7.11 Å². The zero-order valence-corrected chi connectivity index (χ0v) is 16.2. The molecule has 2 aromatic rings. The maximum Gasteiger partial charge on any atom is 0.308 e. The number of carbonyl (C=O) groups excluding carboxylic acids is 1. The second-order valence-electron chi connectivity index (χ2n) is 6.28. The van der Waals surface area contributed by atoms with Crippen LogP contribution < -0.4 is 14.8 Å². The smallest absolute Gasteiger partial charge is 0.308 e. The molecule has 2 atom stereocenters. The van der Waals surface area contributed by atoms with Gasteiger partial charge in [0.25, 0.3) is 5.91 Å². The Balaban J connectivity index is 2.08. The third kappa shape index (κ3) is 5.61. The summed E-state index contributed by atoms with van der Waals surface area (Å²) in [4.78, 5) is 23.9. The van der Waals surface area contributed by atoms with Crippen molar-refractivity contribution in [1.82, 2.24) is 5.32 Å². The molecule has 2 rings (SSSR count). The third-order valence-electron chi connectivity index (χ3n) is 4.27. The molecule has 0 aliphatic rings. The largest absolute Gasteiger partial charge is 0.493 e. The minimum Gasteiger partial charge on any atom is -0.493 e. The van der Waals surface area contributed by atoms with E-state index in [0.717, 1.165) is 11.1 Å². The van der Waals surface area contributed by atoms with Crippen LogP contribution in [0.2, 0.25) is 0 Å². The van der Waals surface area contributed by atoms with Crippen LogP contribution >= 0.6 is 0 Å². The number of rotatable bonds is 9. The lowest BCUT2D eigenvalue weighted by molar-refractivity contribution is -0.142. The second kappa shape index (κ2) is 10.2. The summed E-state index contributed by atoms with van der Waals surface area (Å²) in [6.45, 7) is 3.22. The number of hydrogen-bond donors (Lipinski definition) is 2. The van der Waals surface area contributed by atoms with Crippen molar-refractivity contribution >= 4 is 18.0 Å². The van der Waals surface area contributed by atoms with Gasteiger partial charge in [0.15, 0.2) is 18.1 Å². The average molecular weight is 383 g/mol. The molecular formula is C22H25NO5. The fourth-order valence-corrected chi connectivity index (χ4v) is 2.76. The Morgan fingerprint density at radius 3 is 2.46 bits per heavy atom. The predicted octanol–water partition coefficient (Wildman–Crippen LogP) is 3.69. The van der Waals surface area contributed by atoms with Crippen LogP contribution in [-0.2, 0) is 9.59 Å². The Morgan fingerprint density at radius 1 is 1.14 bits per heavy atom. The minimum atomic E-state index is -0.990. The van der Waals surface area contributed by atoms with Crippen LogP contribution in [0.4, 0.5) is 0 Å². The molecule has 2 aromatic carbocycles. The van der Waals surface area contributed by atoms with Gasteiger partial charge in [-0.3, -0.25) is 9.59 Å². The highest BCUT2D eigenvalue weighted by atomic mass is 16.5. The molecule has 0 fully saturated rings. The number of carboxylic acids is 1. The van der Waals surface area contributed by atoms with Crippen molar-refractivity contribution in [3.63, 3.8) is 0 Å². The highest BCUT2D eigenvalue weighted by Gasteiger charge is 2.26. The molecule has 2 N–H and O–H groups in total. The van der Waals surface area contributed by atoms with Crippen molar-refractivity contribution in [2.45, 2.75) is 19.9 Å². The molecule has 0 aliphatic carbocycles. The predicted molar refractivity (Wildman–Crippen MR) is 107 cm³/mol. The fraction of sp³-hybridized carbons (Fsp3) is 0.273. The number of hydrogen-bond acceptors (Lipinski definition) is 4. The van der Waals surface area contributed by atoms with Crippen LogP contribution in [0, 0.1) is 5.92 Å². The quantitative estimate of drug-likeness (QED) is 0.690. The number of carboxylic acid groups (broad SMARTS) is 1. The molecule has 6 heteroatoms. The first kappa shape index (κ1) is 21.0. The first-order valence-electron chi connectivity index (χ1n) is 8.97. The van der Waals surface area contributed by atoms with Gasteiger partial charge < -0.3 is 19.9 Å². The summed E-state index contributed by atoms with van der Waals surface area (Å²) < 4.78 is 10.9. The van der Waals surface area contributed by atoms with Gasteiger partial charge in [-0.2, -0.15) is 0 Å². The van der Waals surface area contributed by atoms with Crippen LogP contribution in [0.1, 0.15) is 31.0 Å². The van der Waals surface area contributed by atoms with Gasteiger partial charge in [0.1, 0.15) is 0 Å².